The van der Waals surface area contributed by atoms with Crippen LogP contribution in [0.1, 0.15) is 23.5 Å². The van der Waals surface area contributed by atoms with E-state index in [0.717, 1.165) is 0 Å². The number of aromatic nitrogens is 1. The fraction of sp³-hybridized carbons (Fsp3) is 0.391. The summed E-state index contributed by atoms with van der Waals surface area (Å²) in [5.74, 6) is -1.11. The predicted molar refractivity (Wildman–Crippen MR) is 128 cm³/mol. The van der Waals surface area contributed by atoms with Crippen molar-refractivity contribution in [3.63, 3.8) is 0 Å². The van der Waals surface area contributed by atoms with Crippen molar-refractivity contribution in [2.24, 2.45) is 4.99 Å². The second-order valence-electron chi connectivity index (χ2n) is 7.71. The van der Waals surface area contributed by atoms with Gasteiger partial charge in [-0.1, -0.05) is 17.7 Å². The fourth-order valence-electron chi connectivity index (χ4n) is 3.95. The van der Waals surface area contributed by atoms with Gasteiger partial charge in [0.05, 0.1) is 32.5 Å². The number of nitrogens with zero attached hydrogens (tertiary/aromatic N) is 3. The standard InChI is InChI=1S/C23H24ClFN4O5S/c1-3-34-23(31)18-16(11-29-7-8-33-12-17(29)22(30)32-2)27-20(21-26-6-9-35-21)28-19(18)14-5-4-13(25)10-15(14)24/h4-6,9-10,17,19H,3,7-8,11-12H2,1-2H3,(H,27,28)/t17-,19?/m0/s1. The van der Waals surface area contributed by atoms with Gasteiger partial charge in [0.15, 0.2) is 10.8 Å². The van der Waals surface area contributed by atoms with Crippen LogP contribution in [0.2, 0.25) is 5.02 Å². The molecule has 1 saturated heterocycles. The zero-order chi connectivity index (χ0) is 24.9. The number of esters is 2. The molecule has 1 aromatic carbocycles. The van der Waals surface area contributed by atoms with Crippen LogP contribution < -0.4 is 5.32 Å². The first kappa shape index (κ1) is 25.2. The minimum atomic E-state index is -0.880. The van der Waals surface area contributed by atoms with E-state index in [9.17, 15) is 14.0 Å². The smallest absolute Gasteiger partial charge is 0.338 e. The SMILES string of the molecule is CCOC(=O)C1=C(CN2CCOC[C@H]2C(=O)OC)NC(c2nccs2)=NC1c1ccc(F)cc1Cl. The molecule has 12 heteroatoms. The summed E-state index contributed by atoms with van der Waals surface area (Å²) < 4.78 is 29.6. The van der Waals surface area contributed by atoms with E-state index in [4.69, 9.17) is 30.8 Å². The summed E-state index contributed by atoms with van der Waals surface area (Å²) in [5.41, 5.74) is 1.14. The van der Waals surface area contributed by atoms with Gasteiger partial charge in [0, 0.05) is 40.9 Å². The fourth-order valence-corrected chi connectivity index (χ4v) is 4.81. The highest BCUT2D eigenvalue weighted by molar-refractivity contribution is 7.11. The molecule has 1 unspecified atom stereocenters. The molecule has 0 spiro atoms. The van der Waals surface area contributed by atoms with E-state index in [1.165, 1.54) is 36.6 Å². The maximum atomic E-state index is 13.8. The van der Waals surface area contributed by atoms with Crippen LogP contribution in [0.4, 0.5) is 4.39 Å². The summed E-state index contributed by atoms with van der Waals surface area (Å²) >= 11 is 7.77. The normalized spacial score (nSPS) is 20.7. The van der Waals surface area contributed by atoms with Crippen LogP contribution >= 0.6 is 22.9 Å². The van der Waals surface area contributed by atoms with Gasteiger partial charge >= 0.3 is 11.9 Å². The van der Waals surface area contributed by atoms with Crippen molar-refractivity contribution in [3.8, 4) is 0 Å². The van der Waals surface area contributed by atoms with Gasteiger partial charge < -0.3 is 19.5 Å². The molecule has 1 aromatic heterocycles. The summed E-state index contributed by atoms with van der Waals surface area (Å²) in [6.45, 7) is 3.04. The van der Waals surface area contributed by atoms with Gasteiger partial charge in [-0.25, -0.2) is 14.2 Å². The molecule has 2 aliphatic heterocycles. The Morgan fingerprint density at radius 1 is 1.40 bits per heavy atom. The quantitative estimate of drug-likeness (QED) is 0.554. The first-order valence-corrected chi connectivity index (χ1v) is 12.2. The Balaban J connectivity index is 1.82. The number of amidine groups is 1. The lowest BCUT2D eigenvalue weighted by molar-refractivity contribution is -0.152. The highest BCUT2D eigenvalue weighted by atomic mass is 35.5. The minimum absolute atomic E-state index is 0.124. The molecule has 2 atom stereocenters. The maximum absolute atomic E-state index is 13.8. The van der Waals surface area contributed by atoms with E-state index in [2.05, 4.69) is 10.3 Å². The highest BCUT2D eigenvalue weighted by Gasteiger charge is 2.37. The lowest BCUT2D eigenvalue weighted by Gasteiger charge is -2.36. The Bertz CT molecular complexity index is 1160. The molecule has 2 aliphatic rings. The van der Waals surface area contributed by atoms with Gasteiger partial charge in [0.2, 0.25) is 0 Å². The number of thiazole rings is 1. The number of rotatable bonds is 7. The Morgan fingerprint density at radius 3 is 2.91 bits per heavy atom. The number of morpholine rings is 1. The van der Waals surface area contributed by atoms with Gasteiger partial charge in [0.1, 0.15) is 17.9 Å². The Hall–Kier alpha value is -2.86. The molecule has 1 N–H and O–H groups in total. The maximum Gasteiger partial charge on any atom is 0.338 e. The first-order valence-electron chi connectivity index (χ1n) is 10.9. The van der Waals surface area contributed by atoms with E-state index < -0.39 is 29.8 Å². The van der Waals surface area contributed by atoms with Crippen molar-refractivity contribution in [2.45, 2.75) is 19.0 Å². The minimum Gasteiger partial charge on any atom is -0.468 e. The molecule has 186 valence electrons. The molecule has 0 saturated carbocycles. The average molecular weight is 523 g/mol. The molecule has 2 aromatic rings. The number of methoxy groups -OCH3 is 1. The number of carbonyl (C=O) groups is 2. The molecule has 0 amide bonds. The van der Waals surface area contributed by atoms with Crippen LogP contribution in [0.3, 0.4) is 0 Å². The molecule has 0 radical (unpaired) electrons. The van der Waals surface area contributed by atoms with E-state index in [-0.39, 0.29) is 30.4 Å². The number of halogens is 2. The van der Waals surface area contributed by atoms with Gasteiger partial charge in [-0.2, -0.15) is 0 Å². The number of carbonyl (C=O) groups excluding carboxylic acids is 2. The zero-order valence-electron chi connectivity index (χ0n) is 19.1. The predicted octanol–water partition coefficient (Wildman–Crippen LogP) is 2.72. The number of hydrogen-bond acceptors (Lipinski definition) is 10. The summed E-state index contributed by atoms with van der Waals surface area (Å²) in [7, 11) is 1.32. The van der Waals surface area contributed by atoms with Gasteiger partial charge in [-0.15, -0.1) is 11.3 Å². The van der Waals surface area contributed by atoms with Crippen LogP contribution in [0, 0.1) is 5.82 Å². The summed E-state index contributed by atoms with van der Waals surface area (Å²) in [5, 5.41) is 5.75. The van der Waals surface area contributed by atoms with E-state index >= 15 is 0 Å². The molecule has 0 aliphatic carbocycles. The molecule has 1 fully saturated rings. The molecule has 35 heavy (non-hydrogen) atoms. The van der Waals surface area contributed by atoms with Crippen molar-refractivity contribution in [1.29, 1.82) is 0 Å². The molecule has 3 heterocycles. The third-order valence-corrected chi connectivity index (χ3v) is 6.69. The molecule has 4 rings (SSSR count). The van der Waals surface area contributed by atoms with Crippen LogP contribution in [0.15, 0.2) is 46.0 Å². The Labute approximate surface area is 210 Å². The molecule has 0 bridgehead atoms. The third kappa shape index (κ3) is 5.53. The zero-order valence-corrected chi connectivity index (χ0v) is 20.7. The largest absolute Gasteiger partial charge is 0.468 e. The van der Waals surface area contributed by atoms with Gasteiger partial charge in [-0.05, 0) is 19.1 Å². The summed E-state index contributed by atoms with van der Waals surface area (Å²) in [6, 6.07) is 2.41. The van der Waals surface area contributed by atoms with Crippen LogP contribution in [-0.2, 0) is 23.8 Å². The number of ether oxygens (including phenoxy) is 3. The van der Waals surface area contributed by atoms with Crippen molar-refractivity contribution in [3.05, 3.63) is 62.5 Å². The van der Waals surface area contributed by atoms with Gasteiger partial charge in [0.25, 0.3) is 0 Å². The van der Waals surface area contributed by atoms with Crippen LogP contribution in [-0.4, -0.2) is 73.7 Å². The van der Waals surface area contributed by atoms with Crippen molar-refractivity contribution >= 4 is 40.7 Å². The monoisotopic (exact) mass is 522 g/mol. The lowest BCUT2D eigenvalue weighted by Crippen LogP contribution is -2.52. The van der Waals surface area contributed by atoms with Crippen molar-refractivity contribution in [1.82, 2.24) is 15.2 Å². The third-order valence-electron chi connectivity index (χ3n) is 5.59. The van der Waals surface area contributed by atoms with E-state index in [0.29, 0.717) is 35.3 Å². The van der Waals surface area contributed by atoms with Crippen LogP contribution in [0.25, 0.3) is 0 Å². The molecule has 9 nitrogen and oxygen atoms in total. The summed E-state index contributed by atoms with van der Waals surface area (Å²) in [6.07, 6.45) is 1.64. The first-order chi connectivity index (χ1) is 16.9. The van der Waals surface area contributed by atoms with Crippen molar-refractivity contribution in [2.75, 3.05) is 40.0 Å². The second-order valence-corrected chi connectivity index (χ2v) is 9.01. The van der Waals surface area contributed by atoms with E-state index in [1.54, 1.807) is 18.5 Å². The molecular weight excluding hydrogens is 499 g/mol. The average Bonchev–Trinajstić information content (AvgIpc) is 3.39. The van der Waals surface area contributed by atoms with Crippen LogP contribution in [0.5, 0.6) is 0 Å². The number of nitrogens with one attached hydrogen (secondary N) is 1. The number of benzene rings is 1. The lowest BCUT2D eigenvalue weighted by atomic mass is 9.95. The second kappa shape index (κ2) is 11.3. The topological polar surface area (TPSA) is 102 Å². The number of hydrogen-bond donors (Lipinski definition) is 1. The van der Waals surface area contributed by atoms with E-state index in [1.807, 2.05) is 4.90 Å². The van der Waals surface area contributed by atoms with Gasteiger partial charge in [-0.3, -0.25) is 14.7 Å². The molecular formula is C23H24ClFN4O5S. The Morgan fingerprint density at radius 2 is 2.23 bits per heavy atom. The summed E-state index contributed by atoms with van der Waals surface area (Å²) in [4.78, 5) is 36.6. The Kier molecular flexibility index (Phi) is 8.11. The highest BCUT2D eigenvalue weighted by Crippen LogP contribution is 2.37. The number of aliphatic imine (C=N–C) groups is 1. The van der Waals surface area contributed by atoms with Crippen molar-refractivity contribution < 1.29 is 28.2 Å².